The normalized spacial score (nSPS) is 18.2. The maximum atomic E-state index is 12.4. The molecule has 1 saturated carbocycles. The van der Waals surface area contributed by atoms with E-state index < -0.39 is 0 Å². The molecule has 0 radical (unpaired) electrons. The smallest absolute Gasteiger partial charge is 0.331 e. The van der Waals surface area contributed by atoms with E-state index in [0.29, 0.717) is 23.9 Å². The Bertz CT molecular complexity index is 852. The third-order valence-corrected chi connectivity index (χ3v) is 5.63. The number of benzene rings is 1. The molecule has 0 aliphatic heterocycles. The van der Waals surface area contributed by atoms with Crippen LogP contribution >= 0.6 is 0 Å². The number of nitrogens with zero attached hydrogens (tertiary/aromatic N) is 3. The average Bonchev–Trinajstić information content (AvgIpc) is 3.35. The average molecular weight is 382 g/mol. The highest BCUT2D eigenvalue weighted by Gasteiger charge is 2.39. The lowest BCUT2D eigenvalue weighted by Crippen LogP contribution is -2.51. The molecule has 0 bridgehead atoms. The molecular weight excluding hydrogens is 350 g/mol. The predicted molar refractivity (Wildman–Crippen MR) is 112 cm³/mol. The summed E-state index contributed by atoms with van der Waals surface area (Å²) in [4.78, 5) is 15.7. The molecule has 6 heteroatoms. The van der Waals surface area contributed by atoms with Crippen LogP contribution in [0.25, 0.3) is 10.9 Å². The zero-order chi connectivity index (χ0) is 20.1. The highest BCUT2D eigenvalue weighted by molar-refractivity contribution is 5.85. The molecule has 2 amide bonds. The molecule has 6 nitrogen and oxygen atoms in total. The first kappa shape index (κ1) is 20.2. The van der Waals surface area contributed by atoms with E-state index in [1.165, 1.54) is 17.4 Å². The maximum Gasteiger partial charge on any atom is 0.331 e. The summed E-state index contributed by atoms with van der Waals surface area (Å²) in [5.41, 5.74) is 3.13. The molecule has 0 spiro atoms. The molecule has 1 aromatic heterocycles. The Morgan fingerprint density at radius 1 is 1.32 bits per heavy atom. The number of nitriles is 1. The quantitative estimate of drug-likeness (QED) is 0.639. The van der Waals surface area contributed by atoms with Gasteiger partial charge in [0.15, 0.2) is 0 Å². The van der Waals surface area contributed by atoms with Gasteiger partial charge in [0, 0.05) is 43.3 Å². The molecule has 2 aromatic rings. The fraction of sp³-hybridized carbons (Fsp3) is 0.545. The van der Waals surface area contributed by atoms with Gasteiger partial charge in [-0.05, 0) is 61.8 Å². The molecule has 1 aliphatic rings. The van der Waals surface area contributed by atoms with Crippen molar-refractivity contribution in [3.05, 3.63) is 35.5 Å². The zero-order valence-electron chi connectivity index (χ0n) is 17.2. The van der Waals surface area contributed by atoms with E-state index >= 15 is 0 Å². The van der Waals surface area contributed by atoms with Crippen molar-refractivity contribution >= 4 is 16.9 Å². The molecule has 28 heavy (non-hydrogen) atoms. The number of urea groups is 1. The fourth-order valence-corrected chi connectivity index (χ4v) is 4.06. The van der Waals surface area contributed by atoms with Crippen molar-refractivity contribution in [1.82, 2.24) is 20.3 Å². The van der Waals surface area contributed by atoms with Gasteiger partial charge in [-0.25, -0.2) is 9.80 Å². The van der Waals surface area contributed by atoms with Crippen molar-refractivity contribution in [2.75, 3.05) is 26.2 Å². The summed E-state index contributed by atoms with van der Waals surface area (Å²) in [5.74, 6) is 1.18. The van der Waals surface area contributed by atoms with Crippen LogP contribution in [0.1, 0.15) is 57.1 Å². The maximum absolute atomic E-state index is 12.4. The number of hydrogen-bond acceptors (Lipinski definition) is 3. The number of amides is 2. The van der Waals surface area contributed by atoms with E-state index in [1.807, 2.05) is 30.1 Å². The minimum absolute atomic E-state index is 0.000733. The first-order chi connectivity index (χ1) is 13.6. The van der Waals surface area contributed by atoms with Crippen LogP contribution in [0, 0.1) is 17.2 Å². The molecule has 1 aromatic carbocycles. The van der Waals surface area contributed by atoms with Gasteiger partial charge in [-0.2, -0.15) is 5.26 Å². The Kier molecular flexibility index (Phi) is 6.58. The molecule has 150 valence electrons. The third-order valence-electron chi connectivity index (χ3n) is 5.63. The molecule has 1 heterocycles. The lowest BCUT2D eigenvalue weighted by atomic mass is 10.0. The summed E-state index contributed by atoms with van der Waals surface area (Å²) in [6.07, 6.45) is 5.29. The molecule has 0 saturated heterocycles. The SMILES string of the molecule is CCCN(C(=O)NCC)N(CC)CC[C@@H]1C[C@H]1c1c[nH]c2ccc(C#N)cc12. The van der Waals surface area contributed by atoms with E-state index in [1.54, 1.807) is 0 Å². The summed E-state index contributed by atoms with van der Waals surface area (Å²) in [6, 6.07) is 8.07. The molecule has 2 atom stereocenters. The predicted octanol–water partition coefficient (Wildman–Crippen LogP) is 4.21. The highest BCUT2D eigenvalue weighted by atomic mass is 16.2. The van der Waals surface area contributed by atoms with Gasteiger partial charge in [-0.3, -0.25) is 5.01 Å². The summed E-state index contributed by atoms with van der Waals surface area (Å²) < 4.78 is 0. The number of nitrogens with one attached hydrogen (secondary N) is 2. The topological polar surface area (TPSA) is 75.2 Å². The Labute approximate surface area is 167 Å². The number of H-pyrrole nitrogens is 1. The number of hydrogen-bond donors (Lipinski definition) is 2. The molecule has 3 rings (SSSR count). The largest absolute Gasteiger partial charge is 0.361 e. The van der Waals surface area contributed by atoms with Gasteiger partial charge in [0.1, 0.15) is 0 Å². The van der Waals surface area contributed by atoms with Crippen molar-refractivity contribution in [2.24, 2.45) is 5.92 Å². The second-order valence-corrected chi connectivity index (χ2v) is 7.51. The first-order valence-corrected chi connectivity index (χ1v) is 10.4. The second kappa shape index (κ2) is 9.11. The molecule has 1 aliphatic carbocycles. The van der Waals surface area contributed by atoms with Crippen molar-refractivity contribution in [3.8, 4) is 6.07 Å². The zero-order valence-corrected chi connectivity index (χ0v) is 17.2. The van der Waals surface area contributed by atoms with Crippen molar-refractivity contribution in [3.63, 3.8) is 0 Å². The number of carbonyl (C=O) groups excluding carboxylic acids is 1. The molecule has 2 N–H and O–H groups in total. The van der Waals surface area contributed by atoms with E-state index in [4.69, 9.17) is 0 Å². The van der Waals surface area contributed by atoms with Gasteiger partial charge in [-0.15, -0.1) is 0 Å². The Hall–Kier alpha value is -2.52. The van der Waals surface area contributed by atoms with E-state index in [-0.39, 0.29) is 6.03 Å². The Balaban J connectivity index is 1.63. The van der Waals surface area contributed by atoms with Crippen molar-refractivity contribution in [2.45, 2.75) is 46.0 Å². The van der Waals surface area contributed by atoms with E-state index in [9.17, 15) is 10.1 Å². The van der Waals surface area contributed by atoms with Crippen LogP contribution in [0.4, 0.5) is 4.79 Å². The first-order valence-electron chi connectivity index (χ1n) is 10.4. The van der Waals surface area contributed by atoms with Crippen LogP contribution in [0.15, 0.2) is 24.4 Å². The van der Waals surface area contributed by atoms with Gasteiger partial charge in [0.25, 0.3) is 0 Å². The van der Waals surface area contributed by atoms with Crippen molar-refractivity contribution in [1.29, 1.82) is 5.26 Å². The number of rotatable bonds is 9. The summed E-state index contributed by atoms with van der Waals surface area (Å²) >= 11 is 0. The number of fused-ring (bicyclic) bond motifs is 1. The van der Waals surface area contributed by atoms with Gasteiger partial charge in [-0.1, -0.05) is 13.8 Å². The standard InChI is InChI=1S/C22H31N5O/c1-4-10-27(22(28)24-5-2)26(6-3)11-9-17-13-18(17)20-15-25-21-8-7-16(14-23)12-19(20)21/h7-8,12,15,17-18,25H,4-6,9-11,13H2,1-3H3,(H,24,28)/t17-,18-/m1/s1. The molecule has 1 fully saturated rings. The molecular formula is C22H31N5O. The lowest BCUT2D eigenvalue weighted by Gasteiger charge is -2.34. The summed E-state index contributed by atoms with van der Waals surface area (Å²) in [5, 5.41) is 17.3. The summed E-state index contributed by atoms with van der Waals surface area (Å²) in [7, 11) is 0. The molecule has 0 unspecified atom stereocenters. The van der Waals surface area contributed by atoms with Crippen LogP contribution in [0.5, 0.6) is 0 Å². The van der Waals surface area contributed by atoms with Gasteiger partial charge in [0.2, 0.25) is 0 Å². The highest BCUT2D eigenvalue weighted by Crippen LogP contribution is 2.51. The van der Waals surface area contributed by atoms with Crippen LogP contribution in [-0.4, -0.2) is 47.2 Å². The van der Waals surface area contributed by atoms with E-state index in [0.717, 1.165) is 38.0 Å². The second-order valence-electron chi connectivity index (χ2n) is 7.51. The number of aromatic nitrogens is 1. The van der Waals surface area contributed by atoms with Crippen LogP contribution in [0.3, 0.4) is 0 Å². The third kappa shape index (κ3) is 4.31. The lowest BCUT2D eigenvalue weighted by molar-refractivity contribution is 0.0159. The van der Waals surface area contributed by atoms with Gasteiger partial charge >= 0.3 is 6.03 Å². The van der Waals surface area contributed by atoms with Gasteiger partial charge < -0.3 is 10.3 Å². The van der Waals surface area contributed by atoms with E-state index in [2.05, 4.69) is 41.4 Å². The Morgan fingerprint density at radius 3 is 2.82 bits per heavy atom. The fourth-order valence-electron chi connectivity index (χ4n) is 4.06. The Morgan fingerprint density at radius 2 is 2.14 bits per heavy atom. The van der Waals surface area contributed by atoms with Crippen molar-refractivity contribution < 1.29 is 4.79 Å². The number of hydrazine groups is 1. The number of carbonyl (C=O) groups is 1. The summed E-state index contributed by atoms with van der Waals surface area (Å²) in [6.45, 7) is 9.26. The van der Waals surface area contributed by atoms with Crippen LogP contribution < -0.4 is 5.32 Å². The van der Waals surface area contributed by atoms with Gasteiger partial charge in [0.05, 0.1) is 11.6 Å². The van der Waals surface area contributed by atoms with Crippen LogP contribution in [-0.2, 0) is 0 Å². The monoisotopic (exact) mass is 381 g/mol. The van der Waals surface area contributed by atoms with Crippen LogP contribution in [0.2, 0.25) is 0 Å². The number of aromatic amines is 1. The minimum Gasteiger partial charge on any atom is -0.361 e. The minimum atomic E-state index is -0.000733.